The van der Waals surface area contributed by atoms with Crippen molar-refractivity contribution in [1.82, 2.24) is 16.0 Å². The lowest BCUT2D eigenvalue weighted by Crippen LogP contribution is -2.50. The van der Waals surface area contributed by atoms with Gasteiger partial charge in [-0.2, -0.15) is 0 Å². The molecule has 2 atom stereocenters. The van der Waals surface area contributed by atoms with Crippen molar-refractivity contribution in [3.05, 3.63) is 69.9 Å². The van der Waals surface area contributed by atoms with Crippen LogP contribution in [0.2, 0.25) is 0 Å². The van der Waals surface area contributed by atoms with E-state index in [9.17, 15) is 14.0 Å². The minimum Gasteiger partial charge on any atom is -0.348 e. The fourth-order valence-electron chi connectivity index (χ4n) is 2.70. The SMILES string of the molecule is CCC[C@@H](NC(=O)NCc1ccc(F)cc1)C(=O)N[C@H](C)c1ccc(Br)cc1. The summed E-state index contributed by atoms with van der Waals surface area (Å²) in [6, 6.07) is 12.4. The molecular weight excluding hydrogens is 425 g/mol. The molecule has 0 unspecified atom stereocenters. The summed E-state index contributed by atoms with van der Waals surface area (Å²) in [5.74, 6) is -0.554. The summed E-state index contributed by atoms with van der Waals surface area (Å²) in [6.45, 7) is 4.11. The first-order valence-electron chi connectivity index (χ1n) is 9.23. The normalized spacial score (nSPS) is 12.7. The summed E-state index contributed by atoms with van der Waals surface area (Å²) in [6.07, 6.45) is 1.28. The van der Waals surface area contributed by atoms with E-state index in [1.54, 1.807) is 12.1 Å². The maximum Gasteiger partial charge on any atom is 0.315 e. The molecule has 7 heteroatoms. The highest BCUT2D eigenvalue weighted by molar-refractivity contribution is 9.10. The number of hydrogen-bond acceptors (Lipinski definition) is 2. The fourth-order valence-corrected chi connectivity index (χ4v) is 2.96. The molecule has 2 rings (SSSR count). The number of carbonyl (C=O) groups is 2. The molecule has 2 aromatic rings. The quantitative estimate of drug-likeness (QED) is 0.557. The number of nitrogens with one attached hydrogen (secondary N) is 3. The molecule has 2 aromatic carbocycles. The molecule has 0 saturated carbocycles. The number of urea groups is 1. The lowest BCUT2D eigenvalue weighted by molar-refractivity contribution is -0.123. The van der Waals surface area contributed by atoms with Crippen LogP contribution in [0.1, 0.15) is 43.9 Å². The van der Waals surface area contributed by atoms with E-state index in [1.807, 2.05) is 38.1 Å². The van der Waals surface area contributed by atoms with Gasteiger partial charge in [0.2, 0.25) is 5.91 Å². The molecule has 3 amide bonds. The van der Waals surface area contributed by atoms with E-state index in [4.69, 9.17) is 0 Å². The molecule has 3 N–H and O–H groups in total. The molecule has 150 valence electrons. The van der Waals surface area contributed by atoms with Crippen LogP contribution in [0.3, 0.4) is 0 Å². The Morgan fingerprint density at radius 3 is 2.29 bits per heavy atom. The standard InChI is InChI=1S/C21H25BrFN3O2/c1-3-4-19(20(27)25-14(2)16-7-9-17(22)10-8-16)26-21(28)24-13-15-5-11-18(23)12-6-15/h5-12,14,19H,3-4,13H2,1-2H3,(H,25,27)(H2,24,26,28)/t14-,19-/m1/s1. The van der Waals surface area contributed by atoms with Gasteiger partial charge in [0.15, 0.2) is 0 Å². The third-order valence-corrected chi connectivity index (χ3v) is 4.82. The molecule has 0 radical (unpaired) electrons. The van der Waals surface area contributed by atoms with E-state index in [2.05, 4.69) is 31.9 Å². The molecule has 0 saturated heterocycles. The second-order valence-corrected chi connectivity index (χ2v) is 7.49. The van der Waals surface area contributed by atoms with E-state index in [0.29, 0.717) is 6.42 Å². The summed E-state index contributed by atoms with van der Waals surface area (Å²) >= 11 is 3.39. The molecule has 0 fully saturated rings. The minimum atomic E-state index is -0.629. The van der Waals surface area contributed by atoms with Gasteiger partial charge in [-0.05, 0) is 48.7 Å². The number of rotatable bonds is 8. The van der Waals surface area contributed by atoms with Gasteiger partial charge < -0.3 is 16.0 Å². The first-order chi connectivity index (χ1) is 13.4. The Hall–Kier alpha value is -2.41. The van der Waals surface area contributed by atoms with E-state index in [0.717, 1.165) is 22.0 Å². The van der Waals surface area contributed by atoms with Crippen molar-refractivity contribution in [3.8, 4) is 0 Å². The van der Waals surface area contributed by atoms with Crippen LogP contribution < -0.4 is 16.0 Å². The Morgan fingerprint density at radius 1 is 1.04 bits per heavy atom. The highest BCUT2D eigenvalue weighted by Gasteiger charge is 2.21. The lowest BCUT2D eigenvalue weighted by Gasteiger charge is -2.21. The Morgan fingerprint density at radius 2 is 1.68 bits per heavy atom. The Kier molecular flexibility index (Phi) is 8.44. The van der Waals surface area contributed by atoms with Crippen LogP contribution in [0.5, 0.6) is 0 Å². The van der Waals surface area contributed by atoms with Crippen molar-refractivity contribution < 1.29 is 14.0 Å². The van der Waals surface area contributed by atoms with Crippen molar-refractivity contribution >= 4 is 27.9 Å². The minimum absolute atomic E-state index is 0.177. The Balaban J connectivity index is 1.89. The fraction of sp³-hybridized carbons (Fsp3) is 0.333. The van der Waals surface area contributed by atoms with Crippen molar-refractivity contribution in [2.24, 2.45) is 0 Å². The molecular formula is C21H25BrFN3O2. The highest BCUT2D eigenvalue weighted by atomic mass is 79.9. The summed E-state index contributed by atoms with van der Waals surface area (Å²) in [5.41, 5.74) is 1.75. The van der Waals surface area contributed by atoms with Gasteiger partial charge in [-0.15, -0.1) is 0 Å². The van der Waals surface area contributed by atoms with E-state index >= 15 is 0 Å². The van der Waals surface area contributed by atoms with Crippen molar-refractivity contribution in [2.45, 2.75) is 45.3 Å². The number of amides is 3. The molecule has 0 aromatic heterocycles. The van der Waals surface area contributed by atoms with Crippen LogP contribution in [-0.4, -0.2) is 18.0 Å². The average Bonchev–Trinajstić information content (AvgIpc) is 2.67. The molecule has 28 heavy (non-hydrogen) atoms. The summed E-state index contributed by atoms with van der Waals surface area (Å²) in [7, 11) is 0. The number of halogens is 2. The largest absolute Gasteiger partial charge is 0.348 e. The van der Waals surface area contributed by atoms with Gasteiger partial charge in [0.05, 0.1) is 6.04 Å². The molecule has 0 aliphatic carbocycles. The van der Waals surface area contributed by atoms with Crippen LogP contribution in [0.15, 0.2) is 53.0 Å². The third kappa shape index (κ3) is 6.96. The topological polar surface area (TPSA) is 70.2 Å². The highest BCUT2D eigenvalue weighted by Crippen LogP contribution is 2.16. The van der Waals surface area contributed by atoms with Gasteiger partial charge in [0.1, 0.15) is 11.9 Å². The predicted molar refractivity (Wildman–Crippen MR) is 111 cm³/mol. The predicted octanol–water partition coefficient (Wildman–Crippen LogP) is 4.43. The van der Waals surface area contributed by atoms with Crippen LogP contribution in [0.25, 0.3) is 0 Å². The molecule has 0 aliphatic heterocycles. The zero-order chi connectivity index (χ0) is 20.5. The smallest absolute Gasteiger partial charge is 0.315 e. The second kappa shape index (κ2) is 10.8. The van der Waals surface area contributed by atoms with Crippen LogP contribution >= 0.6 is 15.9 Å². The summed E-state index contributed by atoms with van der Waals surface area (Å²) < 4.78 is 13.9. The first-order valence-corrected chi connectivity index (χ1v) is 10.0. The molecule has 0 aliphatic rings. The van der Waals surface area contributed by atoms with Crippen molar-refractivity contribution in [3.63, 3.8) is 0 Å². The van der Waals surface area contributed by atoms with E-state index in [-0.39, 0.29) is 24.3 Å². The third-order valence-electron chi connectivity index (χ3n) is 4.29. The number of benzene rings is 2. The van der Waals surface area contributed by atoms with Gasteiger partial charge >= 0.3 is 6.03 Å². The van der Waals surface area contributed by atoms with Crippen molar-refractivity contribution in [1.29, 1.82) is 0 Å². The summed E-state index contributed by atoms with van der Waals surface area (Å²) in [4.78, 5) is 24.8. The van der Waals surface area contributed by atoms with Crippen LogP contribution in [0.4, 0.5) is 9.18 Å². The van der Waals surface area contributed by atoms with Gasteiger partial charge in [-0.25, -0.2) is 9.18 Å². The molecule has 0 spiro atoms. The van der Waals surface area contributed by atoms with Gasteiger partial charge in [0, 0.05) is 11.0 Å². The van der Waals surface area contributed by atoms with Gasteiger partial charge in [-0.1, -0.05) is 53.5 Å². The zero-order valence-corrected chi connectivity index (χ0v) is 17.6. The Labute approximate surface area is 173 Å². The summed E-state index contributed by atoms with van der Waals surface area (Å²) in [5, 5.41) is 8.36. The monoisotopic (exact) mass is 449 g/mol. The van der Waals surface area contributed by atoms with Crippen LogP contribution in [0, 0.1) is 5.82 Å². The zero-order valence-electron chi connectivity index (χ0n) is 16.0. The van der Waals surface area contributed by atoms with Crippen LogP contribution in [-0.2, 0) is 11.3 Å². The second-order valence-electron chi connectivity index (χ2n) is 6.58. The number of carbonyl (C=O) groups excluding carboxylic acids is 2. The van der Waals surface area contributed by atoms with E-state index in [1.165, 1.54) is 12.1 Å². The van der Waals surface area contributed by atoms with E-state index < -0.39 is 12.1 Å². The molecule has 5 nitrogen and oxygen atoms in total. The van der Waals surface area contributed by atoms with Gasteiger partial charge in [0.25, 0.3) is 0 Å². The lowest BCUT2D eigenvalue weighted by atomic mass is 10.1. The van der Waals surface area contributed by atoms with Gasteiger partial charge in [-0.3, -0.25) is 4.79 Å². The average molecular weight is 450 g/mol. The molecule has 0 heterocycles. The Bertz CT molecular complexity index is 781. The van der Waals surface area contributed by atoms with Crippen molar-refractivity contribution in [2.75, 3.05) is 0 Å². The maximum atomic E-state index is 12.9. The maximum absolute atomic E-state index is 12.9. The molecule has 0 bridgehead atoms. The number of hydrogen-bond donors (Lipinski definition) is 3. The first kappa shape index (κ1) is 21.9.